The SMILES string of the molecule is [CH2-]C(CC)C[CH-][C]1[CH]CCCC1.[CH]1[CH][CH][CH][CH]1.[CH]1[CH][CH][CH][CH]1.[Zr+2]. The summed E-state index contributed by atoms with van der Waals surface area (Å²) in [5.74, 6) is 2.19. The fourth-order valence-electron chi connectivity index (χ4n) is 2.17. The van der Waals surface area contributed by atoms with Crippen LogP contribution in [0.2, 0.25) is 0 Å². The van der Waals surface area contributed by atoms with Gasteiger partial charge in [0.05, 0.1) is 0 Å². The molecular weight excluding hydrogens is 355 g/mol. The van der Waals surface area contributed by atoms with Crippen LogP contribution in [0, 0.1) is 95.8 Å². The molecule has 0 nitrogen and oxygen atoms in total. The summed E-state index contributed by atoms with van der Waals surface area (Å²) in [5.41, 5.74) is 0. The van der Waals surface area contributed by atoms with E-state index in [1.807, 2.05) is 64.2 Å². The first-order chi connectivity index (χ1) is 10.8. The molecule has 1 atom stereocenters. The van der Waals surface area contributed by atoms with Gasteiger partial charge >= 0.3 is 26.2 Å². The Kier molecular flexibility index (Phi) is 18.4. The van der Waals surface area contributed by atoms with Crippen molar-refractivity contribution in [2.75, 3.05) is 0 Å². The third kappa shape index (κ3) is 14.9. The first-order valence-corrected chi connectivity index (χ1v) is 8.51. The quantitative estimate of drug-likeness (QED) is 0.534. The standard InChI is InChI=1S/C12H20.2C5H5.Zr/c1-3-11(2)9-10-12-7-5-4-6-8-12;2*1-2-4-5-3-1;/h7,10-11H,2-6,8-9H2,1H3;2*1-5H;/q-2;;;+2. The van der Waals surface area contributed by atoms with Crippen molar-refractivity contribution in [3.8, 4) is 0 Å². The van der Waals surface area contributed by atoms with Gasteiger partial charge in [-0.3, -0.25) is 0 Å². The second kappa shape index (κ2) is 17.7. The van der Waals surface area contributed by atoms with Crippen LogP contribution in [0.25, 0.3) is 0 Å². The Hall–Kier alpha value is 0.883. The predicted molar refractivity (Wildman–Crippen MR) is 97.1 cm³/mol. The van der Waals surface area contributed by atoms with Crippen molar-refractivity contribution in [1.82, 2.24) is 0 Å². The third-order valence-corrected chi connectivity index (χ3v) is 3.73. The van der Waals surface area contributed by atoms with Crippen LogP contribution >= 0.6 is 0 Å². The number of rotatable bonds is 4. The fraction of sp³-hybridized carbons (Fsp3) is 0.364. The van der Waals surface area contributed by atoms with E-state index in [1.54, 1.807) is 5.92 Å². The molecule has 1 unspecified atom stereocenters. The van der Waals surface area contributed by atoms with Crippen molar-refractivity contribution in [3.05, 3.63) is 89.9 Å². The minimum absolute atomic E-state index is 0. The van der Waals surface area contributed by atoms with Crippen LogP contribution in [-0.4, -0.2) is 0 Å². The molecule has 1 heteroatoms. The van der Waals surface area contributed by atoms with E-state index in [9.17, 15) is 0 Å². The molecule has 12 radical (unpaired) electrons. The van der Waals surface area contributed by atoms with E-state index in [0.29, 0.717) is 5.92 Å². The van der Waals surface area contributed by atoms with Gasteiger partial charge < -0.3 is 13.3 Å². The van der Waals surface area contributed by atoms with Gasteiger partial charge in [-0.2, -0.15) is 11.8 Å². The van der Waals surface area contributed by atoms with Gasteiger partial charge in [0.25, 0.3) is 0 Å². The van der Waals surface area contributed by atoms with E-state index < -0.39 is 0 Å². The maximum absolute atomic E-state index is 4.08. The summed E-state index contributed by atoms with van der Waals surface area (Å²) in [5, 5.41) is 0. The van der Waals surface area contributed by atoms with Crippen LogP contribution in [0.3, 0.4) is 0 Å². The molecular formula is C22H30Zr. The van der Waals surface area contributed by atoms with Crippen LogP contribution in [0.15, 0.2) is 0 Å². The van der Waals surface area contributed by atoms with Crippen LogP contribution in [0.4, 0.5) is 0 Å². The molecule has 0 aromatic carbocycles. The molecule has 3 aliphatic carbocycles. The minimum Gasteiger partial charge on any atom is -0.343 e. The first kappa shape index (κ1) is 23.9. The molecule has 23 heavy (non-hydrogen) atoms. The number of hydrogen-bond acceptors (Lipinski definition) is 0. The van der Waals surface area contributed by atoms with Crippen molar-refractivity contribution in [3.63, 3.8) is 0 Å². The molecule has 3 fully saturated rings. The molecule has 0 aromatic heterocycles. The van der Waals surface area contributed by atoms with E-state index >= 15 is 0 Å². The van der Waals surface area contributed by atoms with Crippen LogP contribution in [0.1, 0.15) is 45.4 Å². The van der Waals surface area contributed by atoms with Crippen molar-refractivity contribution in [2.45, 2.75) is 45.4 Å². The molecule has 3 saturated carbocycles. The van der Waals surface area contributed by atoms with Crippen molar-refractivity contribution in [1.29, 1.82) is 0 Å². The van der Waals surface area contributed by atoms with Gasteiger partial charge in [-0.1, -0.05) is 45.4 Å². The summed E-state index contributed by atoms with van der Waals surface area (Å²) < 4.78 is 0. The van der Waals surface area contributed by atoms with E-state index in [2.05, 4.69) is 26.7 Å². The van der Waals surface area contributed by atoms with Gasteiger partial charge in [0.2, 0.25) is 0 Å². The Morgan fingerprint density at radius 3 is 1.74 bits per heavy atom. The van der Waals surface area contributed by atoms with Gasteiger partial charge in [-0.25, -0.2) is 6.42 Å². The van der Waals surface area contributed by atoms with E-state index in [1.165, 1.54) is 38.5 Å². The second-order valence-electron chi connectivity index (χ2n) is 5.66. The predicted octanol–water partition coefficient (Wildman–Crippen LogP) is 5.83. The Bertz CT molecular complexity index is 187. The van der Waals surface area contributed by atoms with Crippen LogP contribution < -0.4 is 0 Å². The van der Waals surface area contributed by atoms with Crippen molar-refractivity contribution >= 4 is 0 Å². The zero-order valence-corrected chi connectivity index (χ0v) is 16.9. The molecule has 0 N–H and O–H groups in total. The number of hydrogen-bond donors (Lipinski definition) is 0. The molecule has 0 aromatic rings. The van der Waals surface area contributed by atoms with Crippen LogP contribution in [-0.2, 0) is 26.2 Å². The third-order valence-electron chi connectivity index (χ3n) is 3.73. The summed E-state index contributed by atoms with van der Waals surface area (Å²) in [6.07, 6.45) is 32.5. The van der Waals surface area contributed by atoms with Gasteiger partial charge in [-0.05, 0) is 64.2 Å². The zero-order valence-electron chi connectivity index (χ0n) is 14.5. The van der Waals surface area contributed by atoms with Crippen LogP contribution in [0.5, 0.6) is 0 Å². The minimum atomic E-state index is 0. The summed E-state index contributed by atoms with van der Waals surface area (Å²) in [6.45, 7) is 6.29. The molecule has 0 bridgehead atoms. The Balaban J connectivity index is 0.000000362. The van der Waals surface area contributed by atoms with E-state index in [0.717, 1.165) is 0 Å². The molecule has 0 spiro atoms. The molecule has 0 heterocycles. The summed E-state index contributed by atoms with van der Waals surface area (Å²) in [6, 6.07) is 0. The van der Waals surface area contributed by atoms with Crippen molar-refractivity contribution in [2.24, 2.45) is 5.92 Å². The van der Waals surface area contributed by atoms with E-state index in [4.69, 9.17) is 0 Å². The Morgan fingerprint density at radius 1 is 0.913 bits per heavy atom. The first-order valence-electron chi connectivity index (χ1n) is 8.51. The van der Waals surface area contributed by atoms with Gasteiger partial charge in [0.15, 0.2) is 0 Å². The molecule has 0 amide bonds. The summed E-state index contributed by atoms with van der Waals surface area (Å²) >= 11 is 0. The molecule has 0 saturated heterocycles. The van der Waals surface area contributed by atoms with E-state index in [-0.39, 0.29) is 26.2 Å². The summed E-state index contributed by atoms with van der Waals surface area (Å²) in [7, 11) is 0. The molecule has 3 aliphatic rings. The average molecular weight is 386 g/mol. The van der Waals surface area contributed by atoms with Gasteiger partial charge in [-0.15, -0.1) is 0 Å². The zero-order chi connectivity index (χ0) is 15.9. The molecule has 122 valence electrons. The van der Waals surface area contributed by atoms with Gasteiger partial charge in [0, 0.05) is 0 Å². The normalized spacial score (nSPS) is 22.2. The second-order valence-corrected chi connectivity index (χ2v) is 5.66. The smallest absolute Gasteiger partial charge is 0.343 e. The maximum atomic E-state index is 4.08. The largest absolute Gasteiger partial charge is 2.00 e. The monoisotopic (exact) mass is 384 g/mol. The molecule has 3 rings (SSSR count). The Labute approximate surface area is 167 Å². The maximum Gasteiger partial charge on any atom is 2.00 e. The topological polar surface area (TPSA) is 0 Å². The van der Waals surface area contributed by atoms with Gasteiger partial charge in [0.1, 0.15) is 0 Å². The molecule has 0 aliphatic heterocycles. The van der Waals surface area contributed by atoms with Crippen molar-refractivity contribution < 1.29 is 26.2 Å². The summed E-state index contributed by atoms with van der Waals surface area (Å²) in [4.78, 5) is 0. The fourth-order valence-corrected chi connectivity index (χ4v) is 2.17. The average Bonchev–Trinajstić information content (AvgIpc) is 3.31. The Morgan fingerprint density at radius 2 is 1.39 bits per heavy atom.